The van der Waals surface area contributed by atoms with E-state index < -0.39 is 17.7 Å². The van der Waals surface area contributed by atoms with Crippen LogP contribution in [0.1, 0.15) is 34.1 Å². The monoisotopic (exact) mass is 587 g/mol. The quantitative estimate of drug-likeness (QED) is 0.0809. The van der Waals surface area contributed by atoms with E-state index in [9.17, 15) is 14.7 Å². The number of Topliss-reactive ketones (excluding diaryl/α,β-unsaturated/α-hetero) is 1. The third-order valence-corrected chi connectivity index (χ3v) is 9.12. The van der Waals surface area contributed by atoms with Crippen molar-refractivity contribution >= 4 is 62.9 Å². The van der Waals surface area contributed by atoms with E-state index in [0.717, 1.165) is 11.1 Å². The average Bonchev–Trinajstić information content (AvgIpc) is 3.64. The maximum absolute atomic E-state index is 13.5. The maximum Gasteiger partial charge on any atom is 0.301 e. The molecule has 1 saturated heterocycles. The Kier molecular flexibility index (Phi) is 6.91. The van der Waals surface area contributed by atoms with Gasteiger partial charge < -0.3 is 9.51 Å². The molecule has 40 heavy (non-hydrogen) atoms. The van der Waals surface area contributed by atoms with Crippen LogP contribution in [0.4, 0.5) is 5.13 Å². The number of aromatic nitrogens is 4. The predicted octanol–water partition coefficient (Wildman–Crippen LogP) is 6.37. The van der Waals surface area contributed by atoms with E-state index in [-0.39, 0.29) is 22.2 Å². The number of hydrogen-bond donors (Lipinski definition) is 1. The first-order chi connectivity index (χ1) is 19.3. The summed E-state index contributed by atoms with van der Waals surface area (Å²) in [6.45, 7) is 3.73. The summed E-state index contributed by atoms with van der Waals surface area (Å²) in [7, 11) is 0. The lowest BCUT2D eigenvalue weighted by Crippen LogP contribution is -2.29. The fraction of sp³-hybridized carbons (Fsp3) is 0.138. The topological polar surface area (TPSA) is 101 Å². The van der Waals surface area contributed by atoms with E-state index in [0.29, 0.717) is 32.0 Å². The number of aryl methyl sites for hydroxylation is 2. The lowest BCUT2D eigenvalue weighted by atomic mass is 9.96. The minimum atomic E-state index is -0.942. The smallest absolute Gasteiger partial charge is 0.301 e. The van der Waals surface area contributed by atoms with Crippen LogP contribution in [0.2, 0.25) is 5.02 Å². The van der Waals surface area contributed by atoms with Gasteiger partial charge in [-0.05, 0) is 48.7 Å². The molecule has 0 bridgehead atoms. The summed E-state index contributed by atoms with van der Waals surface area (Å²) in [5, 5.41) is 20.9. The fourth-order valence-electron chi connectivity index (χ4n) is 4.74. The summed E-state index contributed by atoms with van der Waals surface area (Å²) in [5.41, 5.74) is 4.11. The summed E-state index contributed by atoms with van der Waals surface area (Å²) >= 11 is 8.86. The molecular weight excluding hydrogens is 566 g/mol. The zero-order chi connectivity index (χ0) is 28.0. The Bertz CT molecular complexity index is 1800. The molecule has 0 spiro atoms. The Morgan fingerprint density at radius 3 is 2.50 bits per heavy atom. The van der Waals surface area contributed by atoms with Crippen LogP contribution < -0.4 is 4.90 Å². The van der Waals surface area contributed by atoms with Crippen LogP contribution in [0.5, 0.6) is 0 Å². The number of benzene rings is 2. The highest BCUT2D eigenvalue weighted by molar-refractivity contribution is 8.00. The number of imidazole rings is 1. The van der Waals surface area contributed by atoms with Gasteiger partial charge in [0.15, 0.2) is 10.1 Å². The van der Waals surface area contributed by atoms with Crippen molar-refractivity contribution in [2.45, 2.75) is 30.0 Å². The lowest BCUT2D eigenvalue weighted by Gasteiger charge is -2.22. The van der Waals surface area contributed by atoms with Gasteiger partial charge >= 0.3 is 5.91 Å². The maximum atomic E-state index is 13.5. The van der Waals surface area contributed by atoms with E-state index in [2.05, 4.69) is 15.2 Å². The first-order valence-electron chi connectivity index (χ1n) is 12.3. The van der Waals surface area contributed by atoms with Crippen molar-refractivity contribution in [3.63, 3.8) is 0 Å². The van der Waals surface area contributed by atoms with Crippen molar-refractivity contribution in [2.24, 2.45) is 0 Å². The van der Waals surface area contributed by atoms with Crippen molar-refractivity contribution < 1.29 is 14.7 Å². The van der Waals surface area contributed by atoms with Crippen molar-refractivity contribution in [1.82, 2.24) is 19.6 Å². The van der Waals surface area contributed by atoms with Crippen LogP contribution in [0.3, 0.4) is 0 Å². The van der Waals surface area contributed by atoms with Gasteiger partial charge in [0.1, 0.15) is 11.3 Å². The minimum Gasteiger partial charge on any atom is -0.505 e. The summed E-state index contributed by atoms with van der Waals surface area (Å²) in [6, 6.07) is 19.6. The number of carbonyl (C=O) groups is 2. The van der Waals surface area contributed by atoms with Gasteiger partial charge in [-0.15, -0.1) is 10.2 Å². The van der Waals surface area contributed by atoms with Gasteiger partial charge in [-0.1, -0.05) is 83.2 Å². The van der Waals surface area contributed by atoms with E-state index in [1.54, 1.807) is 24.3 Å². The third-order valence-electron chi connectivity index (χ3n) is 6.75. The Hall–Kier alpha value is -3.99. The van der Waals surface area contributed by atoms with Crippen LogP contribution in [0.15, 0.2) is 82.8 Å². The summed E-state index contributed by atoms with van der Waals surface area (Å²) in [5.74, 6) is -1.28. The van der Waals surface area contributed by atoms with Gasteiger partial charge in [0.25, 0.3) is 5.78 Å². The fourth-order valence-corrected chi connectivity index (χ4v) is 6.69. The van der Waals surface area contributed by atoms with Crippen molar-refractivity contribution in [2.75, 3.05) is 4.90 Å². The number of carbonyl (C=O) groups excluding carboxylic acids is 2. The zero-order valence-electron chi connectivity index (χ0n) is 21.4. The predicted molar refractivity (Wildman–Crippen MR) is 157 cm³/mol. The van der Waals surface area contributed by atoms with Gasteiger partial charge in [-0.3, -0.25) is 14.5 Å². The number of anilines is 1. The number of aliphatic hydroxyl groups is 1. The number of amides is 1. The SMILES string of the molecule is Cc1cccn2c(C)c(/C(O)=C3\C(=O)C(=O)N(c4nnc(SCc5ccccc5)s4)C3c3ccc(Cl)cc3)nc12. The molecule has 1 unspecified atom stereocenters. The second kappa shape index (κ2) is 10.5. The first-order valence-corrected chi connectivity index (χ1v) is 14.5. The molecule has 0 radical (unpaired) electrons. The molecule has 200 valence electrons. The molecule has 1 aliphatic rings. The highest BCUT2D eigenvalue weighted by atomic mass is 35.5. The number of aliphatic hydroxyl groups excluding tert-OH is 1. The largest absolute Gasteiger partial charge is 0.505 e. The van der Waals surface area contributed by atoms with Crippen LogP contribution in [-0.4, -0.2) is 36.4 Å². The number of ketones is 1. The molecule has 0 aliphatic carbocycles. The van der Waals surface area contributed by atoms with Crippen LogP contribution >= 0.6 is 34.7 Å². The van der Waals surface area contributed by atoms with Crippen molar-refractivity contribution in [3.05, 3.63) is 112 Å². The Balaban J connectivity index is 1.45. The van der Waals surface area contributed by atoms with E-state index in [4.69, 9.17) is 11.6 Å². The molecule has 2 aromatic carbocycles. The Morgan fingerprint density at radius 2 is 1.77 bits per heavy atom. The normalized spacial score (nSPS) is 16.8. The van der Waals surface area contributed by atoms with E-state index >= 15 is 0 Å². The highest BCUT2D eigenvalue weighted by Crippen LogP contribution is 2.44. The van der Waals surface area contributed by atoms with Crippen LogP contribution in [0, 0.1) is 13.8 Å². The summed E-state index contributed by atoms with van der Waals surface area (Å²) < 4.78 is 2.50. The van der Waals surface area contributed by atoms with Gasteiger partial charge in [-0.25, -0.2) is 4.98 Å². The molecular formula is C29H22ClN5O3S2. The second-order valence-corrected chi connectivity index (χ2v) is 11.9. The molecule has 1 amide bonds. The minimum absolute atomic E-state index is 0.0647. The average molecular weight is 588 g/mol. The first kappa shape index (κ1) is 26.2. The lowest BCUT2D eigenvalue weighted by molar-refractivity contribution is -0.132. The molecule has 1 aliphatic heterocycles. The number of rotatable bonds is 6. The number of halogens is 1. The number of pyridine rings is 1. The van der Waals surface area contributed by atoms with Crippen LogP contribution in [-0.2, 0) is 15.3 Å². The number of hydrogen-bond acceptors (Lipinski definition) is 8. The molecule has 8 nitrogen and oxygen atoms in total. The Labute approximate surface area is 243 Å². The molecule has 1 atom stereocenters. The molecule has 11 heteroatoms. The summed E-state index contributed by atoms with van der Waals surface area (Å²) in [4.78, 5) is 33.0. The number of nitrogens with zero attached hydrogens (tertiary/aromatic N) is 5. The zero-order valence-corrected chi connectivity index (χ0v) is 23.8. The molecule has 0 saturated carbocycles. The second-order valence-electron chi connectivity index (χ2n) is 9.28. The van der Waals surface area contributed by atoms with Gasteiger partial charge in [-0.2, -0.15) is 0 Å². The molecule has 3 aromatic heterocycles. The van der Waals surface area contributed by atoms with E-state index in [1.165, 1.54) is 28.0 Å². The molecule has 1 fully saturated rings. The van der Waals surface area contributed by atoms with Crippen molar-refractivity contribution in [1.29, 1.82) is 0 Å². The molecule has 4 heterocycles. The van der Waals surface area contributed by atoms with E-state index in [1.807, 2.05) is 66.9 Å². The number of fused-ring (bicyclic) bond motifs is 1. The third kappa shape index (κ3) is 4.57. The van der Waals surface area contributed by atoms with Crippen molar-refractivity contribution in [3.8, 4) is 0 Å². The van der Waals surface area contributed by atoms with Crippen LogP contribution in [0.25, 0.3) is 11.4 Å². The molecule has 1 N–H and O–H groups in total. The summed E-state index contributed by atoms with van der Waals surface area (Å²) in [6.07, 6.45) is 1.84. The molecule has 6 rings (SSSR count). The van der Waals surface area contributed by atoms with Gasteiger partial charge in [0, 0.05) is 17.0 Å². The van der Waals surface area contributed by atoms with Gasteiger partial charge in [0.2, 0.25) is 5.13 Å². The number of thioether (sulfide) groups is 1. The highest BCUT2D eigenvalue weighted by Gasteiger charge is 2.48. The molecule has 5 aromatic rings. The van der Waals surface area contributed by atoms with Gasteiger partial charge in [0.05, 0.1) is 17.3 Å². The standard InChI is InChI=1S/C29H22ClN5O3S2/c1-16-7-6-14-34-17(2)22(31-26(16)34)24(36)21-23(19-10-12-20(30)13-11-19)35(27(38)25(21)37)28-32-33-29(40-28)39-15-18-8-4-3-5-9-18/h3-14,23,36H,15H2,1-2H3/b24-21+. The Morgan fingerprint density at radius 1 is 1.02 bits per heavy atom.